The summed E-state index contributed by atoms with van der Waals surface area (Å²) in [6.07, 6.45) is 47.5. The van der Waals surface area contributed by atoms with Gasteiger partial charge in [0, 0.05) is 25.7 Å². The highest BCUT2D eigenvalue weighted by atomic mass is 31.2. The highest BCUT2D eigenvalue weighted by molar-refractivity contribution is 7.47. The van der Waals surface area contributed by atoms with E-state index >= 15 is 0 Å². The molecule has 93 heavy (non-hydrogen) atoms. The van der Waals surface area contributed by atoms with E-state index in [0.717, 1.165) is 108 Å². The van der Waals surface area contributed by atoms with Crippen molar-refractivity contribution in [3.05, 3.63) is 0 Å². The minimum atomic E-state index is -4.96. The molecule has 552 valence electrons. The molecule has 0 saturated carbocycles. The number of rotatable bonds is 71. The quantitative estimate of drug-likeness (QED) is 0.0222. The average Bonchev–Trinajstić information content (AvgIpc) is 2.88. The molecule has 3 N–H and O–H groups in total. The lowest BCUT2D eigenvalue weighted by molar-refractivity contribution is -0.161. The van der Waals surface area contributed by atoms with Gasteiger partial charge in [-0.2, -0.15) is 0 Å². The monoisotopic (exact) mass is 1370 g/mol. The van der Waals surface area contributed by atoms with Gasteiger partial charge >= 0.3 is 39.5 Å². The fraction of sp³-hybridized carbons (Fsp3) is 0.946. The summed E-state index contributed by atoms with van der Waals surface area (Å²) in [5, 5.41) is 10.6. The fourth-order valence-corrected chi connectivity index (χ4v) is 12.8. The van der Waals surface area contributed by atoms with Crippen LogP contribution in [0.25, 0.3) is 0 Å². The Morgan fingerprint density at radius 1 is 0.269 bits per heavy atom. The molecule has 2 unspecified atom stereocenters. The zero-order chi connectivity index (χ0) is 68.9. The van der Waals surface area contributed by atoms with Crippen molar-refractivity contribution in [1.82, 2.24) is 0 Å². The van der Waals surface area contributed by atoms with Gasteiger partial charge in [-0.1, -0.05) is 319 Å². The van der Waals surface area contributed by atoms with Crippen molar-refractivity contribution >= 4 is 39.5 Å². The average molecular weight is 1370 g/mol. The van der Waals surface area contributed by atoms with E-state index in [2.05, 4.69) is 55.4 Å². The lowest BCUT2D eigenvalue weighted by atomic mass is 10.0. The normalized spacial score (nSPS) is 14.2. The summed E-state index contributed by atoms with van der Waals surface area (Å²) in [4.78, 5) is 72.6. The first-order chi connectivity index (χ1) is 44.6. The van der Waals surface area contributed by atoms with E-state index in [4.69, 9.17) is 37.0 Å². The van der Waals surface area contributed by atoms with Crippen LogP contribution in [0.4, 0.5) is 0 Å². The third kappa shape index (κ3) is 68.4. The van der Waals surface area contributed by atoms with Crippen LogP contribution in [0.2, 0.25) is 0 Å². The fourth-order valence-electron chi connectivity index (χ4n) is 11.2. The Morgan fingerprint density at radius 2 is 0.452 bits per heavy atom. The third-order valence-electron chi connectivity index (χ3n) is 17.1. The molecule has 0 aromatic rings. The van der Waals surface area contributed by atoms with Crippen molar-refractivity contribution in [3.8, 4) is 0 Å². The second-order valence-corrected chi connectivity index (χ2v) is 31.5. The number of carbonyl (C=O) groups is 4. The summed E-state index contributed by atoms with van der Waals surface area (Å²) >= 11 is 0. The minimum absolute atomic E-state index is 0.102. The molecule has 19 heteroatoms. The summed E-state index contributed by atoms with van der Waals surface area (Å²) in [6, 6.07) is 0. The molecular weight excluding hydrogens is 1220 g/mol. The molecular formula is C74H144O17P2. The number of hydrogen-bond donors (Lipinski definition) is 3. The number of unbranched alkanes of at least 4 members (excludes halogenated alkanes) is 37. The van der Waals surface area contributed by atoms with Crippen molar-refractivity contribution < 1.29 is 80.2 Å². The number of hydrogen-bond acceptors (Lipinski definition) is 15. The molecule has 0 amide bonds. The Morgan fingerprint density at radius 3 is 0.667 bits per heavy atom. The summed E-state index contributed by atoms with van der Waals surface area (Å²) in [5.74, 6) is 0.839. The van der Waals surface area contributed by atoms with E-state index in [1.54, 1.807) is 0 Å². The zero-order valence-corrected chi connectivity index (χ0v) is 62.7. The largest absolute Gasteiger partial charge is 0.472 e. The maximum absolute atomic E-state index is 13.1. The van der Waals surface area contributed by atoms with E-state index < -0.39 is 97.5 Å². The SMILES string of the molecule is CC(C)CCCCCCCCCCCCCCCCCCC(=O)O[C@H](COC(=O)CCCCCCCCCCCCCCC(C)C)COP(=O)(O)OC[C@@H](O)COP(=O)(O)OC[C@@H](COC(=O)CCCCCCCCC(C)C)OC(=O)CCCCCCCCCC(C)C. The van der Waals surface area contributed by atoms with E-state index in [0.29, 0.717) is 37.5 Å². The number of esters is 4. The molecule has 0 spiro atoms. The molecule has 0 aromatic heterocycles. The molecule has 0 fully saturated rings. The zero-order valence-electron chi connectivity index (χ0n) is 60.9. The number of carbonyl (C=O) groups excluding carboxylic acids is 4. The predicted octanol–water partition coefficient (Wildman–Crippen LogP) is 21.3. The van der Waals surface area contributed by atoms with Crippen LogP contribution in [0.5, 0.6) is 0 Å². The Hall–Kier alpha value is -1.94. The van der Waals surface area contributed by atoms with Crippen molar-refractivity contribution in [3.63, 3.8) is 0 Å². The molecule has 0 heterocycles. The van der Waals surface area contributed by atoms with Crippen LogP contribution >= 0.6 is 15.6 Å². The second kappa shape index (κ2) is 63.5. The summed E-state index contributed by atoms with van der Waals surface area (Å²) in [6.45, 7) is 14.1. The summed E-state index contributed by atoms with van der Waals surface area (Å²) in [7, 11) is -9.91. The van der Waals surface area contributed by atoms with Gasteiger partial charge < -0.3 is 33.8 Å². The Bertz CT molecular complexity index is 1830. The molecule has 0 bridgehead atoms. The van der Waals surface area contributed by atoms with Gasteiger partial charge in [0.1, 0.15) is 19.3 Å². The number of phosphoric ester groups is 2. The lowest BCUT2D eigenvalue weighted by Gasteiger charge is -2.21. The van der Waals surface area contributed by atoms with E-state index in [1.807, 2.05) is 0 Å². The molecule has 0 aromatic carbocycles. The predicted molar refractivity (Wildman–Crippen MR) is 377 cm³/mol. The number of aliphatic hydroxyl groups is 1. The van der Waals surface area contributed by atoms with Crippen LogP contribution in [-0.2, 0) is 65.4 Å². The van der Waals surface area contributed by atoms with Crippen molar-refractivity contribution in [1.29, 1.82) is 0 Å². The third-order valence-corrected chi connectivity index (χ3v) is 19.0. The van der Waals surface area contributed by atoms with Crippen LogP contribution in [0.3, 0.4) is 0 Å². The van der Waals surface area contributed by atoms with Crippen LogP contribution in [0, 0.1) is 23.7 Å². The maximum Gasteiger partial charge on any atom is 0.472 e. The second-order valence-electron chi connectivity index (χ2n) is 28.6. The van der Waals surface area contributed by atoms with Crippen LogP contribution < -0.4 is 0 Å². The van der Waals surface area contributed by atoms with Gasteiger partial charge in [0.2, 0.25) is 0 Å². The lowest BCUT2D eigenvalue weighted by Crippen LogP contribution is -2.30. The van der Waals surface area contributed by atoms with Crippen molar-refractivity contribution in [2.75, 3.05) is 39.6 Å². The molecule has 0 rings (SSSR count). The smallest absolute Gasteiger partial charge is 0.462 e. The van der Waals surface area contributed by atoms with Crippen molar-refractivity contribution in [2.45, 2.75) is 388 Å². The topological polar surface area (TPSA) is 237 Å². The maximum atomic E-state index is 13.1. The highest BCUT2D eigenvalue weighted by Crippen LogP contribution is 2.45. The minimum Gasteiger partial charge on any atom is -0.462 e. The first-order valence-electron chi connectivity index (χ1n) is 38.2. The Kier molecular flexibility index (Phi) is 62.2. The number of aliphatic hydroxyl groups excluding tert-OH is 1. The first kappa shape index (κ1) is 91.1. The molecule has 0 saturated heterocycles. The molecule has 0 aliphatic rings. The number of ether oxygens (including phenoxy) is 4. The molecule has 0 aliphatic heterocycles. The van der Waals surface area contributed by atoms with Gasteiger partial charge in [0.05, 0.1) is 26.4 Å². The van der Waals surface area contributed by atoms with Gasteiger partial charge in [-0.05, 0) is 49.4 Å². The standard InChI is InChI=1S/C74H144O17P2/c1-64(2)50-42-34-26-21-17-13-11-9-10-12-14-20-24-30-40-48-56-73(78)90-69(60-84-71(76)54-46-38-29-23-19-16-15-18-22-27-35-43-51-65(3)4)62-88-92(80,81)86-58-68(75)59-87-93(82,83)89-63-70(61-85-72(77)55-47-39-33-32-37-45-53-67(7)8)91-74(79)57-49-41-31-25-28-36-44-52-66(5)6/h64-70,75H,9-63H2,1-8H3,(H,80,81)(H,82,83)/t68-,69-,70-/m1/s1. The van der Waals surface area contributed by atoms with Crippen LogP contribution in [0.15, 0.2) is 0 Å². The van der Waals surface area contributed by atoms with Gasteiger partial charge in [-0.25, -0.2) is 9.13 Å². The summed E-state index contributed by atoms with van der Waals surface area (Å²) in [5.41, 5.74) is 0. The Labute approximate surface area is 568 Å². The molecule has 0 radical (unpaired) electrons. The van der Waals surface area contributed by atoms with E-state index in [1.165, 1.54) is 167 Å². The van der Waals surface area contributed by atoms with E-state index in [9.17, 15) is 43.2 Å². The van der Waals surface area contributed by atoms with Gasteiger partial charge in [0.25, 0.3) is 0 Å². The van der Waals surface area contributed by atoms with Crippen molar-refractivity contribution in [2.24, 2.45) is 23.7 Å². The van der Waals surface area contributed by atoms with Gasteiger partial charge in [-0.15, -0.1) is 0 Å². The molecule has 0 aliphatic carbocycles. The first-order valence-corrected chi connectivity index (χ1v) is 41.2. The highest BCUT2D eigenvalue weighted by Gasteiger charge is 2.30. The Balaban J connectivity index is 5.21. The summed E-state index contributed by atoms with van der Waals surface area (Å²) < 4.78 is 68.4. The molecule has 5 atom stereocenters. The number of phosphoric acid groups is 2. The van der Waals surface area contributed by atoms with Gasteiger partial charge in [0.15, 0.2) is 12.2 Å². The van der Waals surface area contributed by atoms with Crippen LogP contribution in [-0.4, -0.2) is 96.7 Å². The van der Waals surface area contributed by atoms with Gasteiger partial charge in [-0.3, -0.25) is 37.3 Å². The molecule has 17 nitrogen and oxygen atoms in total. The van der Waals surface area contributed by atoms with E-state index in [-0.39, 0.29) is 25.7 Å². The van der Waals surface area contributed by atoms with Crippen LogP contribution in [0.1, 0.15) is 370 Å².